The number of hydrogen-bond acceptors (Lipinski definition) is 6. The van der Waals surface area contributed by atoms with Gasteiger partial charge in [-0.3, -0.25) is 4.79 Å². The van der Waals surface area contributed by atoms with Gasteiger partial charge in [0.2, 0.25) is 15.9 Å². The predicted molar refractivity (Wildman–Crippen MR) is 168 cm³/mol. The summed E-state index contributed by atoms with van der Waals surface area (Å²) >= 11 is 0. The molecule has 0 unspecified atom stereocenters. The van der Waals surface area contributed by atoms with Gasteiger partial charge >= 0.3 is 0 Å². The lowest BCUT2D eigenvalue weighted by molar-refractivity contribution is -0.122. The van der Waals surface area contributed by atoms with Gasteiger partial charge in [0.15, 0.2) is 0 Å². The van der Waals surface area contributed by atoms with Gasteiger partial charge in [-0.25, -0.2) is 12.7 Å². The van der Waals surface area contributed by atoms with E-state index < -0.39 is 28.1 Å². The minimum atomic E-state index is -3.56. The highest BCUT2D eigenvalue weighted by Crippen LogP contribution is 2.18. The second kappa shape index (κ2) is 17.7. The largest absolute Gasteiger partial charge is 0.489 e. The number of carbonyl (C=O) groups excluding carboxylic acids is 1. The minimum Gasteiger partial charge on any atom is -0.489 e. The first-order valence-electron chi connectivity index (χ1n) is 14.8. The smallest absolute Gasteiger partial charge is 0.221 e. The fraction of sp³-hybridized carbons (Fsp3) is 0.424. The molecule has 2 atom stereocenters. The highest BCUT2D eigenvalue weighted by atomic mass is 32.2. The van der Waals surface area contributed by atoms with Crippen molar-refractivity contribution >= 4 is 15.9 Å². The zero-order chi connectivity index (χ0) is 30.2. The zero-order valence-corrected chi connectivity index (χ0v) is 25.6. The van der Waals surface area contributed by atoms with Crippen molar-refractivity contribution in [1.29, 1.82) is 0 Å². The summed E-state index contributed by atoms with van der Waals surface area (Å²) in [6.07, 6.45) is 0.702. The zero-order valence-electron chi connectivity index (χ0n) is 24.7. The third kappa shape index (κ3) is 11.6. The van der Waals surface area contributed by atoms with Crippen LogP contribution in [-0.2, 0) is 34.4 Å². The average molecular weight is 596 g/mol. The first-order chi connectivity index (χ1) is 20.3. The molecule has 0 saturated carbocycles. The van der Waals surface area contributed by atoms with Crippen LogP contribution in [0.2, 0.25) is 0 Å². The van der Waals surface area contributed by atoms with E-state index in [0.717, 1.165) is 16.7 Å². The van der Waals surface area contributed by atoms with Gasteiger partial charge in [0.1, 0.15) is 12.4 Å². The molecule has 0 bridgehead atoms. The van der Waals surface area contributed by atoms with Crippen molar-refractivity contribution in [2.75, 3.05) is 25.4 Å². The van der Waals surface area contributed by atoms with E-state index in [-0.39, 0.29) is 18.7 Å². The van der Waals surface area contributed by atoms with Gasteiger partial charge in [-0.15, -0.1) is 0 Å². The summed E-state index contributed by atoms with van der Waals surface area (Å²) in [4.78, 5) is 13.0. The van der Waals surface area contributed by atoms with E-state index in [9.17, 15) is 18.3 Å². The molecule has 42 heavy (non-hydrogen) atoms. The van der Waals surface area contributed by atoms with E-state index in [0.29, 0.717) is 51.3 Å². The van der Waals surface area contributed by atoms with Crippen LogP contribution in [0.1, 0.15) is 49.8 Å². The number of hydrogen-bond donors (Lipinski definition) is 3. The molecule has 0 saturated heterocycles. The Bertz CT molecular complexity index is 1300. The Labute approximate surface area is 251 Å². The molecule has 3 N–H and O–H groups in total. The van der Waals surface area contributed by atoms with Crippen LogP contribution in [0, 0.1) is 0 Å². The van der Waals surface area contributed by atoms with E-state index >= 15 is 0 Å². The van der Waals surface area contributed by atoms with E-state index in [1.54, 1.807) is 0 Å². The van der Waals surface area contributed by atoms with Crippen molar-refractivity contribution in [3.05, 3.63) is 102 Å². The monoisotopic (exact) mass is 595 g/mol. The number of aliphatic hydroxyl groups is 1. The van der Waals surface area contributed by atoms with Gasteiger partial charge in [-0.05, 0) is 48.1 Å². The van der Waals surface area contributed by atoms with Crippen molar-refractivity contribution in [2.24, 2.45) is 0 Å². The van der Waals surface area contributed by atoms with Crippen LogP contribution < -0.4 is 15.4 Å². The Hall–Kier alpha value is -3.24. The summed E-state index contributed by atoms with van der Waals surface area (Å²) < 4.78 is 33.2. The molecule has 8 nitrogen and oxygen atoms in total. The maximum atomic E-state index is 13.0. The second-order valence-corrected chi connectivity index (χ2v) is 12.5. The number of nitrogens with one attached hydrogen (secondary N) is 2. The molecule has 0 aliphatic rings. The van der Waals surface area contributed by atoms with Crippen LogP contribution >= 0.6 is 0 Å². The molecule has 0 spiro atoms. The molecule has 0 aliphatic carbocycles. The molecule has 1 amide bonds. The first-order valence-corrected chi connectivity index (χ1v) is 16.4. The number of aliphatic hydroxyl groups excluding tert-OH is 1. The van der Waals surface area contributed by atoms with Gasteiger partial charge in [0.05, 0.1) is 17.9 Å². The number of benzene rings is 3. The lowest BCUT2D eigenvalue weighted by Gasteiger charge is -2.26. The molecule has 0 radical (unpaired) electrons. The molecule has 0 aromatic heterocycles. The average Bonchev–Trinajstić information content (AvgIpc) is 3.00. The number of carbonyl (C=O) groups is 1. The van der Waals surface area contributed by atoms with Gasteiger partial charge in [-0.2, -0.15) is 0 Å². The van der Waals surface area contributed by atoms with E-state index in [1.807, 2.05) is 98.8 Å². The quantitative estimate of drug-likeness (QED) is 0.191. The second-order valence-electron chi connectivity index (χ2n) is 10.4. The van der Waals surface area contributed by atoms with Crippen LogP contribution in [0.15, 0.2) is 84.9 Å². The SMILES string of the molecule is CCCN(CCC)S(=O)(=O)CCC(=O)N[C@@H](Cc1cccc(OCc2ccccc2)c1)[C@H](O)CNCc1ccccc1. The highest BCUT2D eigenvalue weighted by Gasteiger charge is 2.25. The summed E-state index contributed by atoms with van der Waals surface area (Å²) in [6.45, 7) is 6.00. The van der Waals surface area contributed by atoms with Crippen LogP contribution in [0.3, 0.4) is 0 Å². The van der Waals surface area contributed by atoms with E-state index in [2.05, 4.69) is 10.6 Å². The van der Waals surface area contributed by atoms with Crippen molar-refractivity contribution < 1.29 is 23.1 Å². The maximum absolute atomic E-state index is 13.0. The Morgan fingerprint density at radius 2 is 1.50 bits per heavy atom. The van der Waals surface area contributed by atoms with Gasteiger partial charge in [-0.1, -0.05) is 86.6 Å². The van der Waals surface area contributed by atoms with Gasteiger partial charge in [0, 0.05) is 32.6 Å². The summed E-state index contributed by atoms with van der Waals surface area (Å²) in [5.74, 6) is 0.0164. The van der Waals surface area contributed by atoms with Crippen molar-refractivity contribution in [2.45, 2.75) is 64.8 Å². The number of sulfonamides is 1. The summed E-state index contributed by atoms with van der Waals surface area (Å²) in [5, 5.41) is 17.3. The Balaban J connectivity index is 1.66. The molecule has 0 fully saturated rings. The molecule has 228 valence electrons. The van der Waals surface area contributed by atoms with Crippen molar-refractivity contribution in [3.8, 4) is 5.75 Å². The Morgan fingerprint density at radius 3 is 2.14 bits per heavy atom. The van der Waals surface area contributed by atoms with E-state index in [1.165, 1.54) is 4.31 Å². The molecule has 3 aromatic rings. The number of ether oxygens (including phenoxy) is 1. The Kier molecular flexibility index (Phi) is 14.0. The molecule has 9 heteroatoms. The fourth-order valence-corrected chi connectivity index (χ4v) is 6.28. The predicted octanol–water partition coefficient (Wildman–Crippen LogP) is 4.29. The topological polar surface area (TPSA) is 108 Å². The van der Waals surface area contributed by atoms with Crippen LogP contribution in [0.4, 0.5) is 0 Å². The third-order valence-electron chi connectivity index (χ3n) is 6.87. The fourth-order valence-electron chi connectivity index (χ4n) is 4.66. The van der Waals surface area contributed by atoms with Crippen molar-refractivity contribution in [1.82, 2.24) is 14.9 Å². The van der Waals surface area contributed by atoms with Crippen LogP contribution in [0.25, 0.3) is 0 Å². The maximum Gasteiger partial charge on any atom is 0.221 e. The number of rotatable bonds is 19. The number of nitrogens with zero attached hydrogens (tertiary/aromatic N) is 1. The molecule has 3 rings (SSSR count). The minimum absolute atomic E-state index is 0.173. The highest BCUT2D eigenvalue weighted by molar-refractivity contribution is 7.89. The standard InChI is InChI=1S/C33H45N3O5S/c1-3-19-36(20-4-2)42(39,40)21-18-33(38)35-31(32(37)25-34-24-27-12-7-5-8-13-27)23-29-16-11-17-30(22-29)41-26-28-14-9-6-10-15-28/h5-17,22,31-32,34,37H,3-4,18-21,23-26H2,1-2H3,(H,35,38)/t31-,32+/m0/s1. The van der Waals surface area contributed by atoms with Crippen molar-refractivity contribution in [3.63, 3.8) is 0 Å². The molecular weight excluding hydrogens is 550 g/mol. The lowest BCUT2D eigenvalue weighted by atomic mass is 10.0. The number of amides is 1. The van der Waals surface area contributed by atoms with E-state index in [4.69, 9.17) is 4.74 Å². The lowest BCUT2D eigenvalue weighted by Crippen LogP contribution is -2.49. The van der Waals surface area contributed by atoms with Gasteiger partial charge < -0.3 is 20.5 Å². The first kappa shape index (κ1) is 33.3. The molecule has 3 aromatic carbocycles. The Morgan fingerprint density at radius 1 is 0.881 bits per heavy atom. The molecule has 0 aliphatic heterocycles. The molecular formula is C33H45N3O5S. The van der Waals surface area contributed by atoms with Gasteiger partial charge in [0.25, 0.3) is 0 Å². The molecule has 0 heterocycles. The summed E-state index contributed by atoms with van der Waals surface area (Å²) in [7, 11) is -3.56. The summed E-state index contributed by atoms with van der Waals surface area (Å²) in [6, 6.07) is 26.7. The summed E-state index contributed by atoms with van der Waals surface area (Å²) in [5.41, 5.74) is 3.03. The third-order valence-corrected chi connectivity index (χ3v) is 8.74. The normalized spacial score (nSPS) is 13.0. The van der Waals surface area contributed by atoms with Crippen LogP contribution in [-0.4, -0.2) is 61.3 Å². The van der Waals surface area contributed by atoms with Crippen LogP contribution in [0.5, 0.6) is 5.75 Å².